The summed E-state index contributed by atoms with van der Waals surface area (Å²) in [6.45, 7) is 2.82. The van der Waals surface area contributed by atoms with Crippen LogP contribution in [0.5, 0.6) is 0 Å². The van der Waals surface area contributed by atoms with E-state index in [0.717, 1.165) is 63.2 Å². The van der Waals surface area contributed by atoms with E-state index in [-0.39, 0.29) is 24.4 Å². The van der Waals surface area contributed by atoms with Crippen LogP contribution in [0.4, 0.5) is 9.18 Å². The Hall–Kier alpha value is -4.60. The normalized spacial score (nSPS) is 23.8. The standard InChI is InChI=1S/C40H43FN7O3P/c1-39(12-13-39)21-48(35(49)19-43-38(50)51-3)20-34-42-18-33(44-34)24-6-10-28-27-9-5-22(15-29(27)40(41,52)30(28)16-24)23-7-11-31-32(17-23)46-37(45-31)36-25-4-8-26(14-25)47(36)2/h5-7,9-11,15-18,25-26,36H,4,8,12-14,19-21,52H2,1-3H3,(H,42,44)(H,43,50)(H,45,46). The van der Waals surface area contributed by atoms with Gasteiger partial charge in [0.2, 0.25) is 5.91 Å². The third-order valence-corrected chi connectivity index (χ3v) is 12.6. The van der Waals surface area contributed by atoms with Crippen LogP contribution in [0.15, 0.2) is 60.8 Å². The third kappa shape index (κ3) is 5.69. The molecular weight excluding hydrogens is 676 g/mol. The van der Waals surface area contributed by atoms with Crippen molar-refractivity contribution >= 4 is 32.3 Å². The predicted molar refractivity (Wildman–Crippen MR) is 201 cm³/mol. The van der Waals surface area contributed by atoms with Gasteiger partial charge in [-0.05, 0) is 97.0 Å². The van der Waals surface area contributed by atoms with Crippen LogP contribution >= 0.6 is 9.24 Å². The average Bonchev–Trinajstić information content (AvgIpc) is 3.69. The number of aromatic amines is 2. The molecule has 5 atom stereocenters. The number of alkyl halides is 1. The number of piperidine rings is 1. The second kappa shape index (κ2) is 12.2. The second-order valence-corrected chi connectivity index (χ2v) is 16.4. The molecule has 3 fully saturated rings. The van der Waals surface area contributed by atoms with Crippen molar-refractivity contribution in [3.63, 3.8) is 0 Å². The number of carbonyl (C=O) groups excluding carboxylic acids is 2. The van der Waals surface area contributed by atoms with Crippen molar-refractivity contribution in [2.75, 3.05) is 27.2 Å². The first kappa shape index (κ1) is 33.3. The highest BCUT2D eigenvalue weighted by molar-refractivity contribution is 7.18. The molecule has 5 unspecified atom stereocenters. The summed E-state index contributed by atoms with van der Waals surface area (Å²) in [7, 11) is 5.95. The van der Waals surface area contributed by atoms with Crippen LogP contribution in [0.1, 0.15) is 67.8 Å². The lowest BCUT2D eigenvalue weighted by molar-refractivity contribution is -0.131. The molecule has 1 saturated heterocycles. The first-order valence-corrected chi connectivity index (χ1v) is 18.7. The molecule has 268 valence electrons. The van der Waals surface area contributed by atoms with Crippen LogP contribution in [-0.4, -0.2) is 75.0 Å². The summed E-state index contributed by atoms with van der Waals surface area (Å²) in [4.78, 5) is 45.4. The number of aromatic nitrogens is 4. The Balaban J connectivity index is 0.950. The number of benzene rings is 3. The van der Waals surface area contributed by atoms with Gasteiger partial charge in [-0.2, -0.15) is 0 Å². The lowest BCUT2D eigenvalue weighted by atomic mass is 9.98. The summed E-state index contributed by atoms with van der Waals surface area (Å²) in [5.74, 6) is 2.11. The maximum Gasteiger partial charge on any atom is 0.407 e. The van der Waals surface area contributed by atoms with E-state index < -0.39 is 11.5 Å². The molecule has 2 aromatic heterocycles. The van der Waals surface area contributed by atoms with Gasteiger partial charge in [-0.15, -0.1) is 0 Å². The molecule has 3 aliphatic carbocycles. The molecule has 2 saturated carbocycles. The van der Waals surface area contributed by atoms with Gasteiger partial charge in [0, 0.05) is 29.3 Å². The van der Waals surface area contributed by atoms with Gasteiger partial charge in [-0.3, -0.25) is 9.69 Å². The number of carbonyl (C=O) groups is 2. The fourth-order valence-corrected chi connectivity index (χ4v) is 9.27. The van der Waals surface area contributed by atoms with Crippen LogP contribution in [0, 0.1) is 11.3 Å². The van der Waals surface area contributed by atoms with Gasteiger partial charge in [0.05, 0.1) is 42.6 Å². The summed E-state index contributed by atoms with van der Waals surface area (Å²) < 4.78 is 21.6. The van der Waals surface area contributed by atoms with Crippen LogP contribution in [0.2, 0.25) is 0 Å². The molecule has 5 aromatic rings. The molecule has 3 N–H and O–H groups in total. The SMILES string of the molecule is COC(=O)NCC(=O)N(Cc1ncc(-c2ccc3c(c2)C(F)(P)c2cc(-c4ccc5nc(C6C7CCC(C7)N6C)[nH]c5c4)ccc2-3)[nH]1)CC1(C)CC1. The Morgan fingerprint density at radius 2 is 1.75 bits per heavy atom. The number of H-pyrrole nitrogens is 2. The number of halogens is 1. The molecule has 12 heteroatoms. The Kier molecular flexibility index (Phi) is 7.83. The van der Waals surface area contributed by atoms with E-state index in [9.17, 15) is 9.59 Å². The first-order valence-electron chi connectivity index (χ1n) is 18.1. The summed E-state index contributed by atoms with van der Waals surface area (Å²) >= 11 is 0. The second-order valence-electron chi connectivity index (χ2n) is 15.6. The van der Waals surface area contributed by atoms with Crippen molar-refractivity contribution in [1.82, 2.24) is 35.1 Å². The van der Waals surface area contributed by atoms with E-state index in [1.54, 1.807) is 11.1 Å². The quantitative estimate of drug-likeness (QED) is 0.138. The van der Waals surface area contributed by atoms with E-state index in [4.69, 9.17) is 4.98 Å². The van der Waals surface area contributed by atoms with E-state index in [2.05, 4.69) is 77.4 Å². The van der Waals surface area contributed by atoms with Crippen molar-refractivity contribution in [2.45, 2.75) is 63.1 Å². The topological polar surface area (TPSA) is 119 Å². The monoisotopic (exact) mass is 719 g/mol. The molecule has 3 heterocycles. The van der Waals surface area contributed by atoms with Crippen molar-refractivity contribution < 1.29 is 18.7 Å². The van der Waals surface area contributed by atoms with E-state index >= 15 is 4.39 Å². The van der Waals surface area contributed by atoms with Gasteiger partial charge in [-0.25, -0.2) is 19.2 Å². The molecule has 2 amide bonds. The lowest BCUT2D eigenvalue weighted by Gasteiger charge is -2.30. The number of hydrogen-bond acceptors (Lipinski definition) is 6. The van der Waals surface area contributed by atoms with Crippen LogP contribution < -0.4 is 5.32 Å². The molecule has 52 heavy (non-hydrogen) atoms. The highest BCUT2D eigenvalue weighted by atomic mass is 31.0. The number of imidazole rings is 2. The molecular formula is C40H43FN7O3P. The Bertz CT molecular complexity index is 2240. The number of ether oxygens (including phenoxy) is 1. The van der Waals surface area contributed by atoms with Crippen LogP contribution in [0.25, 0.3) is 44.5 Å². The Morgan fingerprint density at radius 1 is 1.04 bits per heavy atom. The zero-order valence-corrected chi connectivity index (χ0v) is 30.8. The highest BCUT2D eigenvalue weighted by Gasteiger charge is 2.46. The molecule has 3 aromatic carbocycles. The molecule has 10 nitrogen and oxygen atoms in total. The highest BCUT2D eigenvalue weighted by Crippen LogP contribution is 2.55. The molecule has 0 spiro atoms. The summed E-state index contributed by atoms with van der Waals surface area (Å²) in [5.41, 5.74) is 8.45. The lowest BCUT2D eigenvalue weighted by Crippen LogP contribution is -2.42. The molecule has 9 rings (SSSR count). The molecule has 2 bridgehead atoms. The van der Waals surface area contributed by atoms with E-state index in [1.807, 2.05) is 30.3 Å². The molecule has 0 radical (unpaired) electrons. The van der Waals surface area contributed by atoms with Crippen molar-refractivity contribution in [3.05, 3.63) is 83.6 Å². The van der Waals surface area contributed by atoms with Crippen LogP contribution in [-0.2, 0) is 21.5 Å². The number of likely N-dealkylation sites (tertiary alicyclic amines) is 1. The van der Waals surface area contributed by atoms with Crippen molar-refractivity contribution in [1.29, 1.82) is 0 Å². The van der Waals surface area contributed by atoms with Gasteiger partial charge >= 0.3 is 6.09 Å². The van der Waals surface area contributed by atoms with Crippen molar-refractivity contribution in [2.24, 2.45) is 11.3 Å². The number of alkyl carbamates (subject to hydrolysis) is 1. The van der Waals surface area contributed by atoms with E-state index in [0.29, 0.717) is 41.5 Å². The smallest absolute Gasteiger partial charge is 0.407 e. The third-order valence-electron chi connectivity index (χ3n) is 12.0. The number of amides is 2. The van der Waals surface area contributed by atoms with E-state index in [1.165, 1.54) is 26.4 Å². The average molecular weight is 720 g/mol. The van der Waals surface area contributed by atoms with Gasteiger partial charge in [0.25, 0.3) is 0 Å². The van der Waals surface area contributed by atoms with Gasteiger partial charge in [0.1, 0.15) is 18.2 Å². The summed E-state index contributed by atoms with van der Waals surface area (Å²) in [6.07, 6.45) is 6.96. The maximum atomic E-state index is 16.9. The number of fused-ring (bicyclic) bond motifs is 6. The number of methoxy groups -OCH3 is 1. The van der Waals surface area contributed by atoms with Gasteiger partial charge in [0.15, 0.2) is 5.41 Å². The zero-order valence-electron chi connectivity index (χ0n) is 29.6. The fourth-order valence-electron chi connectivity index (χ4n) is 8.79. The minimum absolute atomic E-state index is 0.0653. The number of nitrogens with zero attached hydrogens (tertiary/aromatic N) is 4. The Morgan fingerprint density at radius 3 is 2.46 bits per heavy atom. The zero-order chi connectivity index (χ0) is 35.9. The number of hydrogen-bond donors (Lipinski definition) is 3. The largest absolute Gasteiger partial charge is 0.453 e. The van der Waals surface area contributed by atoms with Gasteiger partial charge in [-0.1, -0.05) is 46.5 Å². The summed E-state index contributed by atoms with van der Waals surface area (Å²) in [6, 6.07) is 19.2. The first-order chi connectivity index (χ1) is 25.0. The van der Waals surface area contributed by atoms with Gasteiger partial charge < -0.3 is 24.9 Å². The predicted octanol–water partition coefficient (Wildman–Crippen LogP) is 7.29. The number of nitrogens with one attached hydrogen (secondary N) is 3. The summed E-state index contributed by atoms with van der Waals surface area (Å²) in [5, 5.41) is 0.699. The fraction of sp³-hybridized carbons (Fsp3) is 0.400. The molecule has 4 aliphatic rings. The minimum Gasteiger partial charge on any atom is -0.453 e. The number of rotatable bonds is 9. The minimum atomic E-state index is -1.78. The molecule has 1 aliphatic heterocycles. The van der Waals surface area contributed by atoms with Crippen LogP contribution in [0.3, 0.4) is 0 Å². The maximum absolute atomic E-state index is 16.9. The van der Waals surface area contributed by atoms with Crippen molar-refractivity contribution in [3.8, 4) is 33.5 Å². The Labute approximate surface area is 304 Å².